The standard InChI is InChI=1S/C17H27N3O2/c1-12-8-14(10-17(2,3)9-12)16(21)20-6-4-13(5-7-20)15-18-11-19-22-15/h11-14H,4-10H2,1-3H3. The van der Waals surface area contributed by atoms with Crippen LogP contribution in [-0.2, 0) is 4.79 Å². The predicted molar refractivity (Wildman–Crippen MR) is 83.1 cm³/mol. The highest BCUT2D eigenvalue weighted by Crippen LogP contribution is 2.42. The van der Waals surface area contributed by atoms with E-state index < -0.39 is 0 Å². The third-order valence-electron chi connectivity index (χ3n) is 5.27. The Morgan fingerprint density at radius 2 is 2.05 bits per heavy atom. The number of nitrogens with zero attached hydrogens (tertiary/aromatic N) is 3. The van der Waals surface area contributed by atoms with Gasteiger partial charge in [-0.05, 0) is 43.4 Å². The van der Waals surface area contributed by atoms with E-state index in [9.17, 15) is 4.79 Å². The molecule has 5 heteroatoms. The number of rotatable bonds is 2. The molecule has 1 aromatic heterocycles. The molecule has 5 nitrogen and oxygen atoms in total. The molecule has 122 valence electrons. The smallest absolute Gasteiger partial charge is 0.229 e. The maximum Gasteiger partial charge on any atom is 0.229 e. The zero-order valence-electron chi connectivity index (χ0n) is 13.9. The third kappa shape index (κ3) is 3.33. The Bertz CT molecular complexity index is 504. The van der Waals surface area contributed by atoms with Crippen LogP contribution in [0.15, 0.2) is 10.9 Å². The van der Waals surface area contributed by atoms with Gasteiger partial charge in [-0.2, -0.15) is 4.98 Å². The molecule has 0 radical (unpaired) electrons. The molecule has 2 aliphatic rings. The van der Waals surface area contributed by atoms with E-state index in [0.717, 1.165) is 44.7 Å². The summed E-state index contributed by atoms with van der Waals surface area (Å²) < 4.78 is 5.16. The van der Waals surface area contributed by atoms with Crippen LogP contribution in [0.4, 0.5) is 0 Å². The van der Waals surface area contributed by atoms with Crippen molar-refractivity contribution in [3.8, 4) is 0 Å². The Morgan fingerprint density at radius 1 is 1.32 bits per heavy atom. The van der Waals surface area contributed by atoms with Gasteiger partial charge in [-0.25, -0.2) is 0 Å². The highest BCUT2D eigenvalue weighted by molar-refractivity contribution is 5.79. The van der Waals surface area contributed by atoms with E-state index in [0.29, 0.717) is 23.2 Å². The zero-order valence-corrected chi connectivity index (χ0v) is 13.9. The lowest BCUT2D eigenvalue weighted by Crippen LogP contribution is -2.44. The normalized spacial score (nSPS) is 29.5. The number of likely N-dealkylation sites (tertiary alicyclic amines) is 1. The second kappa shape index (κ2) is 6.01. The number of piperidine rings is 1. The number of carbonyl (C=O) groups is 1. The summed E-state index contributed by atoms with van der Waals surface area (Å²) in [5.74, 6) is 2.25. The highest BCUT2D eigenvalue weighted by Gasteiger charge is 2.38. The quantitative estimate of drug-likeness (QED) is 0.841. The summed E-state index contributed by atoms with van der Waals surface area (Å²) in [4.78, 5) is 19.1. The molecule has 1 aliphatic carbocycles. The van der Waals surface area contributed by atoms with Gasteiger partial charge in [0.25, 0.3) is 0 Å². The number of amides is 1. The fourth-order valence-electron chi connectivity index (χ4n) is 4.50. The lowest BCUT2D eigenvalue weighted by atomic mass is 9.67. The van der Waals surface area contributed by atoms with Crippen LogP contribution in [0.25, 0.3) is 0 Å². The lowest BCUT2D eigenvalue weighted by molar-refractivity contribution is -0.139. The summed E-state index contributed by atoms with van der Waals surface area (Å²) in [5, 5.41) is 3.68. The first-order chi connectivity index (χ1) is 10.4. The third-order valence-corrected chi connectivity index (χ3v) is 5.27. The van der Waals surface area contributed by atoms with Gasteiger partial charge < -0.3 is 9.42 Å². The minimum Gasteiger partial charge on any atom is -0.342 e. The molecule has 0 N–H and O–H groups in total. The van der Waals surface area contributed by atoms with Crippen molar-refractivity contribution in [2.45, 2.75) is 58.8 Å². The lowest BCUT2D eigenvalue weighted by Gasteiger charge is -2.41. The van der Waals surface area contributed by atoms with Gasteiger partial charge in [-0.1, -0.05) is 25.9 Å². The van der Waals surface area contributed by atoms with Crippen LogP contribution in [0, 0.1) is 17.3 Å². The van der Waals surface area contributed by atoms with Crippen molar-refractivity contribution in [1.29, 1.82) is 0 Å². The molecule has 1 aliphatic heterocycles. The van der Waals surface area contributed by atoms with Crippen LogP contribution >= 0.6 is 0 Å². The Balaban J connectivity index is 1.58. The number of hydrogen-bond donors (Lipinski definition) is 0. The number of carbonyl (C=O) groups excluding carboxylic acids is 1. The molecule has 0 bridgehead atoms. The minimum absolute atomic E-state index is 0.207. The second-order valence-corrected chi connectivity index (χ2v) is 7.99. The molecule has 2 fully saturated rings. The van der Waals surface area contributed by atoms with Gasteiger partial charge in [0.2, 0.25) is 11.8 Å². The van der Waals surface area contributed by atoms with E-state index in [1.165, 1.54) is 12.7 Å². The summed E-state index contributed by atoms with van der Waals surface area (Å²) in [6, 6.07) is 0. The van der Waals surface area contributed by atoms with E-state index in [1.807, 2.05) is 0 Å². The van der Waals surface area contributed by atoms with Gasteiger partial charge in [0, 0.05) is 24.9 Å². The largest absolute Gasteiger partial charge is 0.342 e. The van der Waals surface area contributed by atoms with Crippen molar-refractivity contribution in [2.24, 2.45) is 17.3 Å². The molecule has 3 rings (SSSR count). The summed E-state index contributed by atoms with van der Waals surface area (Å²) in [6.45, 7) is 8.51. The maximum atomic E-state index is 12.9. The molecule has 0 spiro atoms. The topological polar surface area (TPSA) is 59.2 Å². The summed E-state index contributed by atoms with van der Waals surface area (Å²) in [6.07, 6.45) is 6.62. The van der Waals surface area contributed by atoms with Crippen molar-refractivity contribution in [3.63, 3.8) is 0 Å². The van der Waals surface area contributed by atoms with E-state index in [2.05, 4.69) is 35.8 Å². The first-order valence-corrected chi connectivity index (χ1v) is 8.50. The van der Waals surface area contributed by atoms with Crippen molar-refractivity contribution in [3.05, 3.63) is 12.2 Å². The van der Waals surface area contributed by atoms with Gasteiger partial charge in [0.05, 0.1) is 0 Å². The van der Waals surface area contributed by atoms with Gasteiger partial charge in [0.1, 0.15) is 0 Å². The molecule has 1 saturated heterocycles. The SMILES string of the molecule is CC1CC(C(=O)N2CCC(c3ncno3)CC2)CC(C)(C)C1. The highest BCUT2D eigenvalue weighted by atomic mass is 16.5. The molecule has 1 amide bonds. The van der Waals surface area contributed by atoms with E-state index in [1.54, 1.807) is 0 Å². The van der Waals surface area contributed by atoms with E-state index in [-0.39, 0.29) is 5.92 Å². The first kappa shape index (κ1) is 15.5. The molecular weight excluding hydrogens is 278 g/mol. The van der Waals surface area contributed by atoms with Gasteiger partial charge >= 0.3 is 0 Å². The summed E-state index contributed by atoms with van der Waals surface area (Å²) in [7, 11) is 0. The van der Waals surface area contributed by atoms with Crippen LogP contribution in [0.3, 0.4) is 0 Å². The van der Waals surface area contributed by atoms with Crippen molar-refractivity contribution < 1.29 is 9.32 Å². The van der Waals surface area contributed by atoms with Crippen molar-refractivity contribution >= 4 is 5.91 Å². The molecule has 2 atom stereocenters. The van der Waals surface area contributed by atoms with Crippen LogP contribution in [0.5, 0.6) is 0 Å². The van der Waals surface area contributed by atoms with Gasteiger partial charge in [-0.15, -0.1) is 0 Å². The summed E-state index contributed by atoms with van der Waals surface area (Å²) >= 11 is 0. The van der Waals surface area contributed by atoms with Crippen LogP contribution in [-0.4, -0.2) is 34.0 Å². The average molecular weight is 305 g/mol. The monoisotopic (exact) mass is 305 g/mol. The summed E-state index contributed by atoms with van der Waals surface area (Å²) in [5.41, 5.74) is 0.292. The molecule has 1 aromatic rings. The first-order valence-electron chi connectivity index (χ1n) is 8.50. The molecule has 2 heterocycles. The zero-order chi connectivity index (χ0) is 15.7. The molecular formula is C17H27N3O2. The maximum absolute atomic E-state index is 12.9. The van der Waals surface area contributed by atoms with Crippen LogP contribution in [0.2, 0.25) is 0 Å². The Kier molecular flexibility index (Phi) is 4.24. The van der Waals surface area contributed by atoms with Crippen molar-refractivity contribution in [2.75, 3.05) is 13.1 Å². The molecule has 2 unspecified atom stereocenters. The average Bonchev–Trinajstić information content (AvgIpc) is 2.99. The predicted octanol–water partition coefficient (Wildman–Crippen LogP) is 3.24. The number of aromatic nitrogens is 2. The van der Waals surface area contributed by atoms with Gasteiger partial charge in [-0.3, -0.25) is 4.79 Å². The van der Waals surface area contributed by atoms with Crippen LogP contribution in [0.1, 0.15) is 64.7 Å². The van der Waals surface area contributed by atoms with E-state index in [4.69, 9.17) is 4.52 Å². The van der Waals surface area contributed by atoms with E-state index >= 15 is 0 Å². The molecule has 0 aromatic carbocycles. The fraction of sp³-hybridized carbons (Fsp3) is 0.824. The fourth-order valence-corrected chi connectivity index (χ4v) is 4.50. The Labute approximate surface area is 132 Å². The molecule has 22 heavy (non-hydrogen) atoms. The minimum atomic E-state index is 0.207. The van der Waals surface area contributed by atoms with Gasteiger partial charge in [0.15, 0.2) is 6.33 Å². The Hall–Kier alpha value is -1.39. The molecule has 1 saturated carbocycles. The van der Waals surface area contributed by atoms with Crippen molar-refractivity contribution in [1.82, 2.24) is 15.0 Å². The Morgan fingerprint density at radius 3 is 2.64 bits per heavy atom. The second-order valence-electron chi connectivity index (χ2n) is 7.99. The van der Waals surface area contributed by atoms with Crippen LogP contribution < -0.4 is 0 Å². The number of hydrogen-bond acceptors (Lipinski definition) is 4.